The van der Waals surface area contributed by atoms with Crippen LogP contribution >= 0.6 is 11.3 Å². The normalized spacial score (nSPS) is 16.4. The minimum Gasteiger partial charge on any atom is -0.391 e. The maximum absolute atomic E-state index is 14.8. The second kappa shape index (κ2) is 24.2. The van der Waals surface area contributed by atoms with Gasteiger partial charge in [0.2, 0.25) is 17.7 Å². The Bertz CT molecular complexity index is 3230. The van der Waals surface area contributed by atoms with Gasteiger partial charge in [0.1, 0.15) is 35.7 Å². The molecule has 4 atom stereocenters. The molecule has 1 fully saturated rings. The Morgan fingerprint density at radius 2 is 1.62 bits per heavy atom. The van der Waals surface area contributed by atoms with E-state index in [1.165, 1.54) is 34.0 Å². The lowest BCUT2D eigenvalue weighted by molar-refractivity contribution is -0.144. The summed E-state index contributed by atoms with van der Waals surface area (Å²) >= 11 is 1.55. The monoisotopic (exact) mass is 1130 g/mol. The molecule has 6 aromatic rings. The first-order chi connectivity index (χ1) is 37.8. The summed E-state index contributed by atoms with van der Waals surface area (Å²) < 4.78 is 87.9. The van der Waals surface area contributed by atoms with E-state index in [-0.39, 0.29) is 82.7 Å². The zero-order valence-electron chi connectivity index (χ0n) is 45.3. The molecule has 0 bridgehead atoms. The van der Waals surface area contributed by atoms with Crippen molar-refractivity contribution in [3.8, 4) is 33.0 Å². The fourth-order valence-corrected chi connectivity index (χ4v) is 10.8. The molecular formula is C56H64F6N12O5S. The van der Waals surface area contributed by atoms with Crippen LogP contribution in [0.2, 0.25) is 0 Å². The van der Waals surface area contributed by atoms with Gasteiger partial charge in [-0.05, 0) is 109 Å². The van der Waals surface area contributed by atoms with Crippen molar-refractivity contribution in [2.24, 2.45) is 12.5 Å². The topological polar surface area (TPSA) is 212 Å². The minimum atomic E-state index is -4.84. The number of aliphatic hydroxyl groups excluding tert-OH is 1. The van der Waals surface area contributed by atoms with Gasteiger partial charge in [0, 0.05) is 56.8 Å². The van der Waals surface area contributed by atoms with Crippen molar-refractivity contribution < 1.29 is 50.6 Å². The largest absolute Gasteiger partial charge is 0.433 e. The Balaban J connectivity index is 0.847. The van der Waals surface area contributed by atoms with Crippen molar-refractivity contribution in [2.45, 2.75) is 130 Å². The zero-order valence-corrected chi connectivity index (χ0v) is 46.2. The van der Waals surface area contributed by atoms with Crippen molar-refractivity contribution in [2.75, 3.05) is 29.9 Å². The van der Waals surface area contributed by atoms with Gasteiger partial charge in [0.15, 0.2) is 5.82 Å². The van der Waals surface area contributed by atoms with Crippen LogP contribution in [0.5, 0.6) is 0 Å². The maximum atomic E-state index is 14.8. The predicted octanol–water partition coefficient (Wildman–Crippen LogP) is 9.41. The van der Waals surface area contributed by atoms with Crippen LogP contribution in [0.3, 0.4) is 0 Å². The quantitative estimate of drug-likeness (QED) is 0.0357. The molecule has 0 unspecified atom stereocenters. The molecule has 0 saturated carbocycles. The van der Waals surface area contributed by atoms with Gasteiger partial charge in [-0.3, -0.25) is 29.1 Å². The Hall–Kier alpha value is -7.31. The summed E-state index contributed by atoms with van der Waals surface area (Å²) in [4.78, 5) is 71.3. The second-order valence-electron chi connectivity index (χ2n) is 21.3. The zero-order chi connectivity index (χ0) is 57.8. The summed E-state index contributed by atoms with van der Waals surface area (Å²) in [5.41, 5.74) is 1.79. The number of carbonyl (C=O) groups is 4. The molecule has 0 radical (unpaired) electrons. The molecule has 426 valence electrons. The number of hydrogen-bond donors (Lipinski definition) is 5. The van der Waals surface area contributed by atoms with Crippen LogP contribution in [0.25, 0.3) is 33.0 Å². The number of nitrogens with zero attached hydrogens (tertiary/aromatic N) is 8. The first kappa shape index (κ1) is 58.8. The molecule has 0 aliphatic carbocycles. The highest BCUT2D eigenvalue weighted by Crippen LogP contribution is 2.42. The highest BCUT2D eigenvalue weighted by atomic mass is 32.1. The standard InChI is InChI=1S/C56H64F6N12O5S/c1-8-64-45-21-36(38-24-44(56(60,61)62)65-26-40(38)50-71-67-29-72(50)7)22-46(69-45)74-28-41-39(52(74)78)19-33(20-42(41)55(57,58)59)25-63-18-12-10-9-11-13-47(76)70-49(54(4,5)6)53(79)73-27-37(75)23-43(73)51(77)68-31(2)34-14-16-35(17-15-34)48-32(3)66-30-80-48/h14-17,19-22,24,26,29-31,37,43,49,63,75H,8-13,18,23,25,27-28H2,1-7H3,(H,64,69)(H,68,77)(H,70,76)/t31-,37+,43-,49+/m0/s1. The van der Waals surface area contributed by atoms with Gasteiger partial charge in [-0.25, -0.2) is 9.97 Å². The lowest BCUT2D eigenvalue weighted by atomic mass is 9.85. The lowest BCUT2D eigenvalue weighted by Crippen LogP contribution is -2.57. The molecule has 24 heteroatoms. The average Bonchev–Trinajstić information content (AvgIpc) is 4.21. The minimum absolute atomic E-state index is 0.00131. The number of carbonyl (C=O) groups excluding carboxylic acids is 4. The van der Waals surface area contributed by atoms with Crippen molar-refractivity contribution in [3.63, 3.8) is 0 Å². The molecule has 6 heterocycles. The molecule has 80 heavy (non-hydrogen) atoms. The van der Waals surface area contributed by atoms with Crippen molar-refractivity contribution in [1.82, 2.24) is 50.6 Å². The molecule has 4 amide bonds. The van der Waals surface area contributed by atoms with E-state index in [1.807, 2.05) is 58.9 Å². The van der Waals surface area contributed by atoms with E-state index in [4.69, 9.17) is 0 Å². The lowest BCUT2D eigenvalue weighted by Gasteiger charge is -2.35. The number of rotatable bonds is 20. The number of β-amino-alcohol motifs (C(OH)–C–C–N with tert-alkyl or cyclic N) is 1. The predicted molar refractivity (Wildman–Crippen MR) is 290 cm³/mol. The number of aromatic nitrogens is 6. The maximum Gasteiger partial charge on any atom is 0.433 e. The Labute approximate surface area is 463 Å². The smallest absolute Gasteiger partial charge is 0.391 e. The average molecular weight is 1130 g/mol. The molecule has 0 spiro atoms. The summed E-state index contributed by atoms with van der Waals surface area (Å²) in [7, 11) is 1.60. The van der Waals surface area contributed by atoms with Crippen molar-refractivity contribution in [3.05, 3.63) is 112 Å². The number of halogens is 6. The van der Waals surface area contributed by atoms with Gasteiger partial charge in [0.25, 0.3) is 5.91 Å². The van der Waals surface area contributed by atoms with Gasteiger partial charge in [0.05, 0.1) is 40.3 Å². The van der Waals surface area contributed by atoms with Gasteiger partial charge in [-0.2, -0.15) is 26.3 Å². The number of nitrogens with one attached hydrogen (secondary N) is 4. The number of alkyl halides is 6. The van der Waals surface area contributed by atoms with Crippen LogP contribution in [-0.4, -0.2) is 101 Å². The van der Waals surface area contributed by atoms with E-state index in [9.17, 15) is 50.6 Å². The van der Waals surface area contributed by atoms with E-state index in [0.29, 0.717) is 38.8 Å². The highest BCUT2D eigenvalue weighted by molar-refractivity contribution is 7.13. The fourth-order valence-electron chi connectivity index (χ4n) is 10.0. The fraction of sp³-hybridized carbons (Fsp3) is 0.446. The van der Waals surface area contributed by atoms with Gasteiger partial charge >= 0.3 is 12.4 Å². The SMILES string of the molecule is CCNc1cc(-c2cc(C(F)(F)F)ncc2-c2nncn2C)cc(N2Cc3c(cc(CNCCCCCCC(=O)N[C@H](C(=O)N4C[C@H](O)C[C@H]4C(=O)N[C@@H](C)c4ccc(-c5scnc5C)cc4)C(C)(C)C)cc3C(F)(F)F)C2=O)n1. The Morgan fingerprint density at radius 1 is 0.887 bits per heavy atom. The number of hydrogen-bond acceptors (Lipinski definition) is 13. The van der Waals surface area contributed by atoms with Crippen molar-refractivity contribution >= 4 is 46.6 Å². The summed E-state index contributed by atoms with van der Waals surface area (Å²) in [5, 5.41) is 30.6. The summed E-state index contributed by atoms with van der Waals surface area (Å²) in [5.74, 6) is -1.74. The highest BCUT2D eigenvalue weighted by Gasteiger charge is 2.45. The number of pyridine rings is 2. The molecule has 8 rings (SSSR count). The van der Waals surface area contributed by atoms with E-state index >= 15 is 0 Å². The number of amides is 4. The first-order valence-corrected chi connectivity index (χ1v) is 27.2. The summed E-state index contributed by atoms with van der Waals surface area (Å²) in [6, 6.07) is 11.5. The van der Waals surface area contributed by atoms with E-state index < -0.39 is 77.5 Å². The molecule has 2 aliphatic rings. The molecule has 5 N–H and O–H groups in total. The van der Waals surface area contributed by atoms with Crippen LogP contribution in [0.15, 0.2) is 72.6 Å². The third-order valence-corrected chi connectivity index (χ3v) is 15.2. The van der Waals surface area contributed by atoms with Crippen LogP contribution in [0.1, 0.15) is 123 Å². The number of unbranched alkanes of at least 4 members (excludes halogenated alkanes) is 3. The van der Waals surface area contributed by atoms with Crippen LogP contribution in [-0.2, 0) is 46.9 Å². The molecule has 17 nitrogen and oxygen atoms in total. The number of likely N-dealkylation sites (tertiary alicyclic amines) is 1. The number of benzene rings is 2. The Morgan fingerprint density at radius 3 is 2.27 bits per heavy atom. The summed E-state index contributed by atoms with van der Waals surface area (Å²) in [6.07, 6.45) is -5.65. The molecular weight excluding hydrogens is 1070 g/mol. The first-order valence-electron chi connectivity index (χ1n) is 26.3. The van der Waals surface area contributed by atoms with Crippen LogP contribution in [0, 0.1) is 12.3 Å². The van der Waals surface area contributed by atoms with E-state index in [0.717, 1.165) is 44.9 Å². The second-order valence-corrected chi connectivity index (χ2v) is 22.1. The molecule has 1 saturated heterocycles. The number of anilines is 2. The third kappa shape index (κ3) is 13.5. The Kier molecular flexibility index (Phi) is 17.8. The van der Waals surface area contributed by atoms with Gasteiger partial charge in [-0.15, -0.1) is 21.5 Å². The third-order valence-electron chi connectivity index (χ3n) is 14.2. The van der Waals surface area contributed by atoms with Gasteiger partial charge in [-0.1, -0.05) is 57.9 Å². The van der Waals surface area contributed by atoms with Crippen molar-refractivity contribution in [1.29, 1.82) is 0 Å². The van der Waals surface area contributed by atoms with E-state index in [1.54, 1.807) is 30.8 Å². The van der Waals surface area contributed by atoms with E-state index in [2.05, 4.69) is 46.4 Å². The van der Waals surface area contributed by atoms with Crippen LogP contribution < -0.4 is 26.2 Å². The summed E-state index contributed by atoms with van der Waals surface area (Å²) in [6.45, 7) is 11.1. The van der Waals surface area contributed by atoms with Gasteiger partial charge < -0.3 is 35.8 Å². The number of aryl methyl sites for hydroxylation is 2. The number of fused-ring (bicyclic) bond motifs is 1. The van der Waals surface area contributed by atoms with Crippen LogP contribution in [0.4, 0.5) is 38.0 Å². The number of thiazole rings is 1. The molecule has 2 aliphatic heterocycles. The molecule has 4 aromatic heterocycles. The number of aliphatic hydroxyl groups is 1. The molecule has 2 aromatic carbocycles.